The highest BCUT2D eigenvalue weighted by atomic mass is 32.2. The third-order valence-corrected chi connectivity index (χ3v) is 6.32. The van der Waals surface area contributed by atoms with Crippen molar-refractivity contribution < 1.29 is 28.9 Å². The van der Waals surface area contributed by atoms with Crippen molar-refractivity contribution in [2.75, 3.05) is 7.11 Å². The molecule has 12 heteroatoms. The van der Waals surface area contributed by atoms with Crippen LogP contribution in [0.25, 0.3) is 6.08 Å². The second-order valence-electron chi connectivity index (χ2n) is 7.78. The highest BCUT2D eigenvalue weighted by Crippen LogP contribution is 2.36. The predicted molar refractivity (Wildman–Crippen MR) is 135 cm³/mol. The number of amides is 2. The summed E-state index contributed by atoms with van der Waals surface area (Å²) in [6.45, 7) is -0.0594. The van der Waals surface area contributed by atoms with Gasteiger partial charge in [-0.2, -0.15) is 0 Å². The Kier molecular flexibility index (Phi) is 7.49. The first-order valence-corrected chi connectivity index (χ1v) is 11.6. The number of benzene rings is 3. The molecule has 188 valence electrons. The number of non-ortho nitro benzene ring substituents is 1. The molecule has 0 aromatic heterocycles. The van der Waals surface area contributed by atoms with Gasteiger partial charge < -0.3 is 9.47 Å². The van der Waals surface area contributed by atoms with E-state index in [2.05, 4.69) is 0 Å². The van der Waals surface area contributed by atoms with E-state index in [9.17, 15) is 29.8 Å². The van der Waals surface area contributed by atoms with E-state index in [0.29, 0.717) is 17.1 Å². The van der Waals surface area contributed by atoms with E-state index >= 15 is 0 Å². The molecule has 0 unspecified atom stereocenters. The quantitative estimate of drug-likeness (QED) is 0.207. The van der Waals surface area contributed by atoms with Crippen LogP contribution < -0.4 is 9.47 Å². The van der Waals surface area contributed by atoms with Crippen LogP contribution in [0.2, 0.25) is 0 Å². The summed E-state index contributed by atoms with van der Waals surface area (Å²) in [6.07, 6.45) is 1.53. The lowest BCUT2D eigenvalue weighted by atomic mass is 10.1. The smallest absolute Gasteiger partial charge is 0.293 e. The molecule has 0 saturated carbocycles. The number of ether oxygens (including phenoxy) is 2. The largest absolute Gasteiger partial charge is 0.493 e. The van der Waals surface area contributed by atoms with Crippen LogP contribution in [0.3, 0.4) is 0 Å². The molecule has 1 heterocycles. The van der Waals surface area contributed by atoms with Gasteiger partial charge in [0.05, 0.1) is 28.4 Å². The Labute approximate surface area is 214 Å². The lowest BCUT2D eigenvalue weighted by molar-refractivity contribution is -0.385. The fourth-order valence-electron chi connectivity index (χ4n) is 3.55. The molecule has 4 rings (SSSR count). The minimum Gasteiger partial charge on any atom is -0.493 e. The van der Waals surface area contributed by atoms with Crippen molar-refractivity contribution in [2.45, 2.75) is 13.2 Å². The number of nitro benzene ring substituents is 2. The Hall–Kier alpha value is -4.71. The minimum atomic E-state index is -0.554. The molecule has 1 fully saturated rings. The van der Waals surface area contributed by atoms with Gasteiger partial charge in [-0.1, -0.05) is 24.3 Å². The SMILES string of the molecule is COc1cc(C=C2SC(=O)N(Cc3ccccc3[N+](=O)[O-])C2=O)ccc1OCc1ccc([N+](=O)[O-])cc1. The lowest BCUT2D eigenvalue weighted by Gasteiger charge is -2.12. The number of carbonyl (C=O) groups excluding carboxylic acids is 2. The van der Waals surface area contributed by atoms with Crippen molar-refractivity contribution in [2.24, 2.45) is 0 Å². The number of para-hydroxylation sites is 1. The summed E-state index contributed by atoms with van der Waals surface area (Å²) in [5.74, 6) is 0.253. The normalized spacial score (nSPS) is 14.2. The van der Waals surface area contributed by atoms with Gasteiger partial charge in [-0.3, -0.25) is 34.7 Å². The van der Waals surface area contributed by atoms with Crippen LogP contribution in [-0.4, -0.2) is 33.0 Å². The molecule has 0 atom stereocenters. The Morgan fingerprint density at radius 2 is 1.68 bits per heavy atom. The van der Waals surface area contributed by atoms with Gasteiger partial charge in [-0.15, -0.1) is 0 Å². The molecule has 1 saturated heterocycles. The van der Waals surface area contributed by atoms with E-state index in [1.807, 2.05) is 0 Å². The molecule has 1 aliphatic heterocycles. The molecule has 0 aliphatic carbocycles. The number of hydrogen-bond donors (Lipinski definition) is 0. The molecule has 3 aromatic rings. The van der Waals surface area contributed by atoms with Crippen LogP contribution in [0.1, 0.15) is 16.7 Å². The second kappa shape index (κ2) is 10.9. The average Bonchev–Trinajstić information content (AvgIpc) is 3.15. The summed E-state index contributed by atoms with van der Waals surface area (Å²) in [5.41, 5.74) is 1.38. The van der Waals surface area contributed by atoms with Crippen molar-refractivity contribution in [1.29, 1.82) is 0 Å². The van der Waals surface area contributed by atoms with Crippen LogP contribution in [0, 0.1) is 20.2 Å². The number of rotatable bonds is 9. The van der Waals surface area contributed by atoms with Gasteiger partial charge in [0.25, 0.3) is 22.5 Å². The number of methoxy groups -OCH3 is 1. The van der Waals surface area contributed by atoms with Gasteiger partial charge in [-0.25, -0.2) is 0 Å². The number of nitrogens with zero attached hydrogens (tertiary/aromatic N) is 3. The zero-order chi connectivity index (χ0) is 26.5. The van der Waals surface area contributed by atoms with Gasteiger partial charge in [0.15, 0.2) is 11.5 Å². The zero-order valence-electron chi connectivity index (χ0n) is 19.4. The fraction of sp³-hybridized carbons (Fsp3) is 0.120. The van der Waals surface area contributed by atoms with Crippen LogP contribution in [-0.2, 0) is 17.9 Å². The van der Waals surface area contributed by atoms with Gasteiger partial charge >= 0.3 is 0 Å². The molecular weight excluding hydrogens is 502 g/mol. The molecule has 37 heavy (non-hydrogen) atoms. The zero-order valence-corrected chi connectivity index (χ0v) is 20.2. The third-order valence-electron chi connectivity index (χ3n) is 5.42. The van der Waals surface area contributed by atoms with Gasteiger partial charge in [0.1, 0.15) is 6.61 Å². The first-order valence-electron chi connectivity index (χ1n) is 10.8. The Morgan fingerprint density at radius 3 is 2.35 bits per heavy atom. The highest BCUT2D eigenvalue weighted by molar-refractivity contribution is 8.18. The molecule has 0 N–H and O–H groups in total. The lowest BCUT2D eigenvalue weighted by Crippen LogP contribution is -2.27. The molecule has 11 nitrogen and oxygen atoms in total. The van der Waals surface area contributed by atoms with E-state index in [1.54, 1.807) is 36.4 Å². The average molecular weight is 522 g/mol. The van der Waals surface area contributed by atoms with Gasteiger partial charge in [0, 0.05) is 23.8 Å². The Bertz CT molecular complexity index is 1420. The van der Waals surface area contributed by atoms with Gasteiger partial charge in [0.2, 0.25) is 0 Å². The number of hydrogen-bond acceptors (Lipinski definition) is 9. The number of thioether (sulfide) groups is 1. The molecule has 3 aromatic carbocycles. The molecule has 2 amide bonds. The van der Waals surface area contributed by atoms with E-state index < -0.39 is 21.0 Å². The Balaban J connectivity index is 1.48. The van der Waals surface area contributed by atoms with Crippen molar-refractivity contribution in [1.82, 2.24) is 4.90 Å². The maximum absolute atomic E-state index is 12.9. The van der Waals surface area contributed by atoms with Gasteiger partial charge in [-0.05, 0) is 53.2 Å². The van der Waals surface area contributed by atoms with Crippen LogP contribution >= 0.6 is 11.8 Å². The summed E-state index contributed by atoms with van der Waals surface area (Å²) < 4.78 is 11.2. The summed E-state index contributed by atoms with van der Waals surface area (Å²) in [7, 11) is 1.46. The Morgan fingerprint density at radius 1 is 0.946 bits per heavy atom. The third kappa shape index (κ3) is 5.76. The predicted octanol–water partition coefficient (Wildman–Crippen LogP) is 5.33. The first-order chi connectivity index (χ1) is 17.8. The fourth-order valence-corrected chi connectivity index (χ4v) is 4.39. The molecular formula is C25H19N3O8S. The molecule has 0 radical (unpaired) electrons. The summed E-state index contributed by atoms with van der Waals surface area (Å²) in [4.78, 5) is 47.6. The van der Waals surface area contributed by atoms with Crippen LogP contribution in [0.15, 0.2) is 71.6 Å². The maximum Gasteiger partial charge on any atom is 0.293 e. The summed E-state index contributed by atoms with van der Waals surface area (Å²) in [6, 6.07) is 16.9. The number of imide groups is 1. The van der Waals surface area contributed by atoms with E-state index in [-0.39, 0.29) is 35.0 Å². The molecule has 0 bridgehead atoms. The van der Waals surface area contributed by atoms with Crippen molar-refractivity contribution >= 4 is 40.4 Å². The monoisotopic (exact) mass is 521 g/mol. The summed E-state index contributed by atoms with van der Waals surface area (Å²) >= 11 is 0.747. The second-order valence-corrected chi connectivity index (χ2v) is 8.77. The number of carbonyl (C=O) groups is 2. The highest BCUT2D eigenvalue weighted by Gasteiger charge is 2.36. The van der Waals surface area contributed by atoms with Crippen molar-refractivity contribution in [3.63, 3.8) is 0 Å². The van der Waals surface area contributed by atoms with Crippen molar-refractivity contribution in [3.05, 3.63) is 109 Å². The first kappa shape index (κ1) is 25.4. The van der Waals surface area contributed by atoms with Crippen molar-refractivity contribution in [3.8, 4) is 11.5 Å². The van der Waals surface area contributed by atoms with E-state index in [4.69, 9.17) is 9.47 Å². The number of nitro groups is 2. The molecule has 0 spiro atoms. The summed E-state index contributed by atoms with van der Waals surface area (Å²) in [5, 5.41) is 21.5. The standard InChI is InChI=1S/C25H19N3O8S/c1-35-22-12-17(8-11-21(22)36-15-16-6-9-19(10-7-16)27(31)32)13-23-24(29)26(25(30)37-23)14-18-4-2-3-5-20(18)28(33)34/h2-13H,14-15H2,1H3. The maximum atomic E-state index is 12.9. The molecule has 1 aliphatic rings. The van der Waals surface area contributed by atoms with Crippen LogP contribution in [0.4, 0.5) is 16.2 Å². The minimum absolute atomic E-state index is 0.0166. The van der Waals surface area contributed by atoms with E-state index in [0.717, 1.165) is 22.2 Å². The topological polar surface area (TPSA) is 142 Å². The van der Waals surface area contributed by atoms with E-state index in [1.165, 1.54) is 43.5 Å². The van der Waals surface area contributed by atoms with Crippen LogP contribution in [0.5, 0.6) is 11.5 Å².